The zero-order valence-corrected chi connectivity index (χ0v) is 16.1. The quantitative estimate of drug-likeness (QED) is 0.856. The smallest absolute Gasteiger partial charge is 0.265 e. The number of aromatic nitrogens is 2. The highest BCUT2D eigenvalue weighted by molar-refractivity contribution is 7.16. The third-order valence-corrected chi connectivity index (χ3v) is 5.28. The third kappa shape index (κ3) is 4.25. The van der Waals surface area contributed by atoms with E-state index in [0.717, 1.165) is 17.0 Å². The molecule has 0 saturated carbocycles. The van der Waals surface area contributed by atoms with E-state index in [1.807, 2.05) is 17.0 Å². The summed E-state index contributed by atoms with van der Waals surface area (Å²) < 4.78 is 0. The first kappa shape index (κ1) is 20.8. The fourth-order valence-corrected chi connectivity index (χ4v) is 3.59. The molecular formula is C16H22Cl2N4OS. The number of amides is 1. The maximum absolute atomic E-state index is 12.7. The lowest BCUT2D eigenvalue weighted by atomic mass is 9.79. The average molecular weight is 389 g/mol. The van der Waals surface area contributed by atoms with Gasteiger partial charge < -0.3 is 10.6 Å². The molecule has 1 unspecified atom stereocenters. The van der Waals surface area contributed by atoms with Gasteiger partial charge in [0.2, 0.25) is 0 Å². The van der Waals surface area contributed by atoms with Crippen LogP contribution in [0.25, 0.3) is 10.6 Å². The molecule has 2 N–H and O–H groups in total. The number of nitrogens with two attached hydrogens (primary N) is 1. The second-order valence-electron chi connectivity index (χ2n) is 6.38. The van der Waals surface area contributed by atoms with E-state index in [2.05, 4.69) is 23.8 Å². The molecule has 1 aliphatic rings. The van der Waals surface area contributed by atoms with Crippen molar-refractivity contribution < 1.29 is 4.79 Å². The third-order valence-electron chi connectivity index (χ3n) is 4.24. The molecule has 24 heavy (non-hydrogen) atoms. The van der Waals surface area contributed by atoms with Crippen LogP contribution in [0.4, 0.5) is 0 Å². The van der Waals surface area contributed by atoms with E-state index in [1.54, 1.807) is 18.6 Å². The predicted molar refractivity (Wildman–Crippen MR) is 102 cm³/mol. The molecule has 0 radical (unpaired) electrons. The fourth-order valence-electron chi connectivity index (χ4n) is 2.70. The molecule has 0 aliphatic carbocycles. The number of carbonyl (C=O) groups is 1. The minimum Gasteiger partial charge on any atom is -0.337 e. The Kier molecular flexibility index (Phi) is 7.16. The summed E-state index contributed by atoms with van der Waals surface area (Å²) in [7, 11) is 0. The highest BCUT2D eigenvalue weighted by Crippen LogP contribution is 2.30. The topological polar surface area (TPSA) is 72.1 Å². The monoisotopic (exact) mass is 388 g/mol. The Balaban J connectivity index is 0.00000144. The van der Waals surface area contributed by atoms with E-state index in [-0.39, 0.29) is 42.2 Å². The van der Waals surface area contributed by atoms with Gasteiger partial charge in [-0.05, 0) is 24.0 Å². The first-order valence-electron chi connectivity index (χ1n) is 7.38. The van der Waals surface area contributed by atoms with E-state index >= 15 is 0 Å². The summed E-state index contributed by atoms with van der Waals surface area (Å²) in [6, 6.07) is 3.94. The molecule has 2 aromatic heterocycles. The van der Waals surface area contributed by atoms with Crippen LogP contribution in [0.15, 0.2) is 30.7 Å². The second kappa shape index (κ2) is 8.25. The molecule has 1 fully saturated rings. The summed E-state index contributed by atoms with van der Waals surface area (Å²) in [5.41, 5.74) is 7.08. The van der Waals surface area contributed by atoms with Crippen LogP contribution in [0, 0.1) is 5.41 Å². The summed E-state index contributed by atoms with van der Waals surface area (Å²) in [5, 5.41) is 0.846. The van der Waals surface area contributed by atoms with Crippen LogP contribution in [-0.2, 0) is 0 Å². The molecular weight excluding hydrogens is 367 g/mol. The number of pyridine rings is 1. The van der Waals surface area contributed by atoms with Crippen molar-refractivity contribution in [2.75, 3.05) is 13.1 Å². The number of likely N-dealkylation sites (tertiary alicyclic amines) is 1. The molecule has 5 nitrogen and oxygen atoms in total. The lowest BCUT2D eigenvalue weighted by Gasteiger charge is -2.42. The molecule has 3 heterocycles. The van der Waals surface area contributed by atoms with Crippen molar-refractivity contribution in [1.29, 1.82) is 0 Å². The Morgan fingerprint density at radius 2 is 2.00 bits per heavy atom. The lowest BCUT2D eigenvalue weighted by molar-refractivity contribution is 0.0537. The average Bonchev–Trinajstić information content (AvgIpc) is 3.00. The Hall–Kier alpha value is -1.21. The van der Waals surface area contributed by atoms with Crippen LogP contribution >= 0.6 is 36.2 Å². The molecule has 1 atom stereocenters. The SMILES string of the molecule is CC1(C)CN(C(=O)c2cnc(-c3ccncc3)s2)CCC1N.Cl.Cl. The standard InChI is InChI=1S/C16H20N4OS.2ClH/c1-16(2)10-20(8-5-13(16)17)15(21)12-9-19-14(22-12)11-3-6-18-7-4-11;;/h3-4,6-7,9,13H,5,8,10,17H2,1-2H3;2*1H. The number of hydrogen-bond donors (Lipinski definition) is 1. The number of hydrogen-bond acceptors (Lipinski definition) is 5. The summed E-state index contributed by atoms with van der Waals surface area (Å²) in [6.45, 7) is 5.64. The van der Waals surface area contributed by atoms with Gasteiger partial charge in [0, 0.05) is 37.1 Å². The fraction of sp³-hybridized carbons (Fsp3) is 0.438. The molecule has 132 valence electrons. The minimum atomic E-state index is -0.0491. The first-order chi connectivity index (χ1) is 10.5. The molecule has 0 spiro atoms. The summed E-state index contributed by atoms with van der Waals surface area (Å²) in [5.74, 6) is 0.0535. The van der Waals surface area contributed by atoms with Crippen molar-refractivity contribution in [2.24, 2.45) is 11.1 Å². The van der Waals surface area contributed by atoms with E-state index in [1.165, 1.54) is 11.3 Å². The molecule has 0 bridgehead atoms. The van der Waals surface area contributed by atoms with Crippen molar-refractivity contribution in [1.82, 2.24) is 14.9 Å². The van der Waals surface area contributed by atoms with E-state index in [9.17, 15) is 4.79 Å². The molecule has 8 heteroatoms. The number of rotatable bonds is 2. The van der Waals surface area contributed by atoms with Crippen molar-refractivity contribution in [3.8, 4) is 10.6 Å². The van der Waals surface area contributed by atoms with Crippen LogP contribution < -0.4 is 5.73 Å². The normalized spacial score (nSPS) is 19.1. The first-order valence-corrected chi connectivity index (χ1v) is 8.20. The van der Waals surface area contributed by atoms with Crippen molar-refractivity contribution in [3.05, 3.63) is 35.6 Å². The predicted octanol–water partition coefficient (Wildman–Crippen LogP) is 3.25. The molecule has 3 rings (SSSR count). The zero-order chi connectivity index (χ0) is 15.7. The maximum Gasteiger partial charge on any atom is 0.265 e. The van der Waals surface area contributed by atoms with Crippen molar-refractivity contribution in [3.63, 3.8) is 0 Å². The van der Waals surface area contributed by atoms with Crippen LogP contribution in [0.5, 0.6) is 0 Å². The van der Waals surface area contributed by atoms with E-state index < -0.39 is 0 Å². The lowest BCUT2D eigenvalue weighted by Crippen LogP contribution is -2.53. The van der Waals surface area contributed by atoms with Gasteiger partial charge >= 0.3 is 0 Å². The van der Waals surface area contributed by atoms with Gasteiger partial charge in [-0.2, -0.15) is 0 Å². The van der Waals surface area contributed by atoms with Gasteiger partial charge in [-0.25, -0.2) is 4.98 Å². The molecule has 1 saturated heterocycles. The minimum absolute atomic E-state index is 0. The van der Waals surface area contributed by atoms with Gasteiger partial charge in [-0.1, -0.05) is 13.8 Å². The van der Waals surface area contributed by atoms with Crippen LogP contribution in [0.2, 0.25) is 0 Å². The van der Waals surface area contributed by atoms with Gasteiger partial charge in [-0.15, -0.1) is 36.2 Å². The van der Waals surface area contributed by atoms with Gasteiger partial charge in [0.25, 0.3) is 5.91 Å². The molecule has 0 aromatic carbocycles. The Bertz CT molecular complexity index is 678. The van der Waals surface area contributed by atoms with E-state index in [0.29, 0.717) is 18.0 Å². The summed E-state index contributed by atoms with van der Waals surface area (Å²) in [6.07, 6.45) is 5.97. The van der Waals surface area contributed by atoms with Crippen molar-refractivity contribution in [2.45, 2.75) is 26.3 Å². The van der Waals surface area contributed by atoms with Gasteiger partial charge in [0.05, 0.1) is 6.20 Å². The van der Waals surface area contributed by atoms with Gasteiger partial charge in [-0.3, -0.25) is 9.78 Å². The number of carbonyl (C=O) groups excluding carboxylic acids is 1. The number of halogens is 2. The zero-order valence-electron chi connectivity index (χ0n) is 13.6. The maximum atomic E-state index is 12.7. The summed E-state index contributed by atoms with van der Waals surface area (Å²) >= 11 is 1.43. The molecule has 1 amide bonds. The van der Waals surface area contributed by atoms with Gasteiger partial charge in [0.1, 0.15) is 9.88 Å². The van der Waals surface area contributed by atoms with Crippen LogP contribution in [0.1, 0.15) is 29.9 Å². The largest absolute Gasteiger partial charge is 0.337 e. The Labute approximate surface area is 158 Å². The van der Waals surface area contributed by atoms with Gasteiger partial charge in [0.15, 0.2) is 0 Å². The molecule has 2 aromatic rings. The summed E-state index contributed by atoms with van der Waals surface area (Å²) in [4.78, 5) is 23.6. The van der Waals surface area contributed by atoms with Crippen LogP contribution in [0.3, 0.4) is 0 Å². The molecule has 1 aliphatic heterocycles. The van der Waals surface area contributed by atoms with Crippen LogP contribution in [-0.4, -0.2) is 39.9 Å². The second-order valence-corrected chi connectivity index (χ2v) is 7.41. The van der Waals surface area contributed by atoms with Crippen molar-refractivity contribution >= 4 is 42.1 Å². The highest BCUT2D eigenvalue weighted by Gasteiger charge is 2.36. The number of piperidine rings is 1. The Morgan fingerprint density at radius 1 is 1.33 bits per heavy atom. The Morgan fingerprint density at radius 3 is 2.62 bits per heavy atom. The number of nitrogens with zero attached hydrogens (tertiary/aromatic N) is 3. The highest BCUT2D eigenvalue weighted by atomic mass is 35.5. The number of thiazole rings is 1. The van der Waals surface area contributed by atoms with E-state index in [4.69, 9.17) is 5.73 Å².